The largest absolute Gasteiger partial charge is 0.382 e. The number of nitrogens with one attached hydrogen (secondary N) is 1. The van der Waals surface area contributed by atoms with Crippen molar-refractivity contribution in [1.82, 2.24) is 4.37 Å². The summed E-state index contributed by atoms with van der Waals surface area (Å²) in [6.45, 7) is 3.96. The van der Waals surface area contributed by atoms with Gasteiger partial charge in [-0.15, -0.1) is 0 Å². The van der Waals surface area contributed by atoms with Crippen molar-refractivity contribution < 1.29 is 8.42 Å². The Bertz CT molecular complexity index is 510. The van der Waals surface area contributed by atoms with Crippen molar-refractivity contribution in [3.05, 3.63) is 0 Å². The predicted octanol–water partition coefficient (Wildman–Crippen LogP) is 1.73. The van der Waals surface area contributed by atoms with Crippen LogP contribution in [0, 0.1) is 5.92 Å². The third kappa shape index (κ3) is 2.55. The van der Waals surface area contributed by atoms with Gasteiger partial charge in [-0.3, -0.25) is 0 Å². The maximum Gasteiger partial charge on any atom is 0.185 e. The van der Waals surface area contributed by atoms with Gasteiger partial charge in [-0.2, -0.15) is 4.37 Å². The van der Waals surface area contributed by atoms with Gasteiger partial charge in [0.15, 0.2) is 15.7 Å². The molecule has 2 rings (SSSR count). The summed E-state index contributed by atoms with van der Waals surface area (Å²) in [4.78, 5) is 0.198. The van der Waals surface area contributed by atoms with Crippen molar-refractivity contribution in [3.8, 4) is 0 Å². The fraction of sp³-hybridized carbons (Fsp3) is 0.700. The summed E-state index contributed by atoms with van der Waals surface area (Å²) in [6.07, 6.45) is 1.65. The molecule has 0 amide bonds. The summed E-state index contributed by atoms with van der Waals surface area (Å²) < 4.78 is 28.1. The number of rotatable bonds is 5. The average molecular weight is 275 g/mol. The Kier molecular flexibility index (Phi) is 3.31. The summed E-state index contributed by atoms with van der Waals surface area (Å²) in [5.74, 6) is 0.837. The minimum Gasteiger partial charge on any atom is -0.382 e. The minimum absolute atomic E-state index is 0.116. The highest BCUT2D eigenvalue weighted by Crippen LogP contribution is 2.38. The van der Waals surface area contributed by atoms with Crippen LogP contribution in [0.5, 0.6) is 0 Å². The van der Waals surface area contributed by atoms with Crippen LogP contribution in [0.4, 0.5) is 10.8 Å². The van der Waals surface area contributed by atoms with Crippen LogP contribution in [0.2, 0.25) is 0 Å². The molecular weight excluding hydrogens is 258 g/mol. The van der Waals surface area contributed by atoms with Gasteiger partial charge in [0.05, 0.1) is 5.75 Å². The highest BCUT2D eigenvalue weighted by atomic mass is 32.2. The number of nitrogens with zero attached hydrogens (tertiary/aromatic N) is 1. The molecule has 0 spiro atoms. The first-order valence-electron chi connectivity index (χ1n) is 5.70. The van der Waals surface area contributed by atoms with E-state index in [1.54, 1.807) is 0 Å². The molecule has 0 bridgehead atoms. The van der Waals surface area contributed by atoms with E-state index in [1.165, 1.54) is 0 Å². The lowest BCUT2D eigenvalue weighted by atomic mass is 10.5. The number of sulfone groups is 1. The Morgan fingerprint density at radius 3 is 2.76 bits per heavy atom. The zero-order chi connectivity index (χ0) is 12.6. The molecule has 1 saturated carbocycles. The first-order chi connectivity index (χ1) is 7.95. The standard InChI is InChI=1S/C10H17N3O2S2/c1-3-4-17(14,15)8-9(11)13-16-10(8)12-7-5-6(7)2/h6-7,12H,3-5H2,1-2H3,(H2,11,13). The fourth-order valence-electron chi connectivity index (χ4n) is 1.75. The third-order valence-electron chi connectivity index (χ3n) is 2.88. The molecule has 0 saturated heterocycles. The lowest BCUT2D eigenvalue weighted by Gasteiger charge is -2.06. The number of hydrogen-bond acceptors (Lipinski definition) is 6. The summed E-state index contributed by atoms with van der Waals surface area (Å²) in [5.41, 5.74) is 5.67. The van der Waals surface area contributed by atoms with Crippen LogP contribution in [-0.2, 0) is 9.84 Å². The highest BCUT2D eigenvalue weighted by molar-refractivity contribution is 7.91. The lowest BCUT2D eigenvalue weighted by Crippen LogP contribution is -2.11. The van der Waals surface area contributed by atoms with E-state index >= 15 is 0 Å². The number of anilines is 2. The SMILES string of the molecule is CCCS(=O)(=O)c1c(N)nsc1NC1CC1C. The Morgan fingerprint density at radius 2 is 2.24 bits per heavy atom. The predicted molar refractivity (Wildman–Crippen MR) is 70.1 cm³/mol. The van der Waals surface area contributed by atoms with E-state index in [2.05, 4.69) is 16.6 Å². The molecule has 1 fully saturated rings. The normalized spacial score (nSPS) is 23.6. The van der Waals surface area contributed by atoms with Crippen LogP contribution in [-0.4, -0.2) is 24.6 Å². The molecule has 7 heteroatoms. The molecule has 3 N–H and O–H groups in total. The second-order valence-corrected chi connectivity index (χ2v) is 7.33. The van der Waals surface area contributed by atoms with Gasteiger partial charge >= 0.3 is 0 Å². The fourth-order valence-corrected chi connectivity index (χ4v) is 4.42. The van der Waals surface area contributed by atoms with Gasteiger partial charge in [-0.1, -0.05) is 13.8 Å². The van der Waals surface area contributed by atoms with Gasteiger partial charge in [0.25, 0.3) is 0 Å². The molecule has 0 aliphatic heterocycles. The molecule has 2 unspecified atom stereocenters. The molecule has 0 aromatic carbocycles. The van der Waals surface area contributed by atoms with E-state index in [-0.39, 0.29) is 16.5 Å². The van der Waals surface area contributed by atoms with E-state index in [4.69, 9.17) is 5.73 Å². The molecule has 96 valence electrons. The molecule has 1 aliphatic carbocycles. The third-order valence-corrected chi connectivity index (χ3v) is 5.79. The Labute approximate surface area is 105 Å². The molecule has 1 aromatic heterocycles. The minimum atomic E-state index is -3.30. The van der Waals surface area contributed by atoms with Crippen molar-refractivity contribution >= 4 is 32.2 Å². The first-order valence-corrected chi connectivity index (χ1v) is 8.12. The highest BCUT2D eigenvalue weighted by Gasteiger charge is 2.35. The molecule has 5 nitrogen and oxygen atoms in total. The van der Waals surface area contributed by atoms with Crippen molar-refractivity contribution in [2.24, 2.45) is 5.92 Å². The second-order valence-electron chi connectivity index (χ2n) is 4.51. The van der Waals surface area contributed by atoms with E-state index in [1.807, 2.05) is 6.92 Å². The van der Waals surface area contributed by atoms with Crippen LogP contribution in [0.15, 0.2) is 4.90 Å². The second kappa shape index (κ2) is 4.45. The summed E-state index contributed by atoms with van der Waals surface area (Å²) >= 11 is 1.13. The van der Waals surface area contributed by atoms with E-state index < -0.39 is 9.84 Å². The number of nitrogens with two attached hydrogens (primary N) is 1. The Balaban J connectivity index is 2.29. The molecule has 1 heterocycles. The molecule has 17 heavy (non-hydrogen) atoms. The number of hydrogen-bond donors (Lipinski definition) is 2. The monoisotopic (exact) mass is 275 g/mol. The smallest absolute Gasteiger partial charge is 0.185 e. The lowest BCUT2D eigenvalue weighted by molar-refractivity contribution is 0.595. The Morgan fingerprint density at radius 1 is 1.59 bits per heavy atom. The van der Waals surface area contributed by atoms with Gasteiger partial charge in [-0.05, 0) is 30.3 Å². The van der Waals surface area contributed by atoms with E-state index in [9.17, 15) is 8.42 Å². The molecule has 1 aliphatic rings. The Hall–Kier alpha value is -0.820. The van der Waals surface area contributed by atoms with Gasteiger partial charge in [0, 0.05) is 6.04 Å². The average Bonchev–Trinajstić information content (AvgIpc) is 2.75. The zero-order valence-corrected chi connectivity index (χ0v) is 11.6. The summed E-state index contributed by atoms with van der Waals surface area (Å²) in [7, 11) is -3.30. The van der Waals surface area contributed by atoms with E-state index in [0.717, 1.165) is 18.0 Å². The summed E-state index contributed by atoms with van der Waals surface area (Å²) in [5, 5.41) is 3.82. The van der Waals surface area contributed by atoms with E-state index in [0.29, 0.717) is 23.4 Å². The van der Waals surface area contributed by atoms with Crippen molar-refractivity contribution in [2.45, 2.75) is 37.6 Å². The van der Waals surface area contributed by atoms with Crippen LogP contribution in [0.3, 0.4) is 0 Å². The molecular formula is C10H17N3O2S2. The van der Waals surface area contributed by atoms with Gasteiger partial charge in [0.2, 0.25) is 0 Å². The van der Waals surface area contributed by atoms with Gasteiger partial charge < -0.3 is 11.1 Å². The summed E-state index contributed by atoms with van der Waals surface area (Å²) in [6, 6.07) is 0.366. The van der Waals surface area contributed by atoms with Crippen molar-refractivity contribution in [1.29, 1.82) is 0 Å². The first kappa shape index (κ1) is 12.6. The van der Waals surface area contributed by atoms with Crippen LogP contribution >= 0.6 is 11.5 Å². The topological polar surface area (TPSA) is 85.1 Å². The quantitative estimate of drug-likeness (QED) is 0.854. The number of nitrogen functional groups attached to an aromatic ring is 1. The maximum absolute atomic E-state index is 12.1. The van der Waals surface area contributed by atoms with Crippen molar-refractivity contribution in [3.63, 3.8) is 0 Å². The van der Waals surface area contributed by atoms with Crippen molar-refractivity contribution in [2.75, 3.05) is 16.8 Å². The molecule has 0 radical (unpaired) electrons. The van der Waals surface area contributed by atoms with Crippen LogP contribution in [0.1, 0.15) is 26.7 Å². The maximum atomic E-state index is 12.1. The van der Waals surface area contributed by atoms with Gasteiger partial charge in [0.1, 0.15) is 9.90 Å². The van der Waals surface area contributed by atoms with Crippen LogP contribution < -0.4 is 11.1 Å². The number of aromatic nitrogens is 1. The van der Waals surface area contributed by atoms with Gasteiger partial charge in [-0.25, -0.2) is 8.42 Å². The van der Waals surface area contributed by atoms with Crippen LogP contribution in [0.25, 0.3) is 0 Å². The molecule has 1 aromatic rings. The molecule has 2 atom stereocenters. The zero-order valence-electron chi connectivity index (χ0n) is 9.93.